The Kier molecular flexibility index (Phi) is 4.68. The molecule has 0 saturated carbocycles. The van der Waals surface area contributed by atoms with Gasteiger partial charge < -0.3 is 14.1 Å². The third-order valence-corrected chi connectivity index (χ3v) is 3.73. The van der Waals surface area contributed by atoms with Crippen LogP contribution in [0.1, 0.15) is 18.4 Å². The molecule has 0 aliphatic heterocycles. The second kappa shape index (κ2) is 6.47. The van der Waals surface area contributed by atoms with Gasteiger partial charge in [-0.05, 0) is 18.6 Å². The molecule has 102 valence electrons. The van der Waals surface area contributed by atoms with E-state index in [-0.39, 0.29) is 5.75 Å². The van der Waals surface area contributed by atoms with Gasteiger partial charge in [0.15, 0.2) is 5.16 Å². The van der Waals surface area contributed by atoms with E-state index in [1.54, 1.807) is 6.26 Å². The van der Waals surface area contributed by atoms with E-state index in [4.69, 9.17) is 9.52 Å². The molecule has 0 bridgehead atoms. The monoisotopic (exact) mass is 280 g/mol. The summed E-state index contributed by atoms with van der Waals surface area (Å²) in [5.74, 6) is 0.120. The lowest BCUT2D eigenvalue weighted by Gasteiger charge is -2.09. The fraction of sp³-hybridized carbons (Fsp3) is 0.385. The van der Waals surface area contributed by atoms with Crippen LogP contribution < -0.4 is 0 Å². The summed E-state index contributed by atoms with van der Waals surface area (Å²) < 4.78 is 7.37. The van der Waals surface area contributed by atoms with Gasteiger partial charge in [-0.3, -0.25) is 4.79 Å². The van der Waals surface area contributed by atoms with Gasteiger partial charge in [0.2, 0.25) is 0 Å². The number of aromatic nitrogens is 2. The topological polar surface area (TPSA) is 68.3 Å². The number of furan rings is 1. The molecule has 2 rings (SSSR count). The molecule has 0 aliphatic rings. The molecule has 19 heavy (non-hydrogen) atoms. The number of hydrogen-bond donors (Lipinski definition) is 1. The number of aryl methyl sites for hydroxylation is 2. The standard InChI is InChI=1S/C13H16N2O3S/c1-2-10-8-14-13(19-9-12(16)17)15(10)6-5-11-4-3-7-18-11/h3-4,7-8H,2,5-6,9H2,1H3,(H,16,17). The third kappa shape index (κ3) is 3.64. The molecule has 2 heterocycles. The average molecular weight is 280 g/mol. The Hall–Kier alpha value is -1.69. The number of thioether (sulfide) groups is 1. The molecule has 0 aliphatic carbocycles. The number of hydrogen-bond acceptors (Lipinski definition) is 4. The minimum absolute atomic E-state index is 0.0287. The fourth-order valence-electron chi connectivity index (χ4n) is 1.83. The minimum Gasteiger partial charge on any atom is -0.481 e. The van der Waals surface area contributed by atoms with Crippen LogP contribution in [0.2, 0.25) is 0 Å². The maximum absolute atomic E-state index is 10.6. The number of aliphatic carboxylic acids is 1. The van der Waals surface area contributed by atoms with Crippen LogP contribution >= 0.6 is 11.8 Å². The number of imidazole rings is 1. The van der Waals surface area contributed by atoms with E-state index in [9.17, 15) is 4.79 Å². The molecular weight excluding hydrogens is 264 g/mol. The molecule has 0 saturated heterocycles. The summed E-state index contributed by atoms with van der Waals surface area (Å²) >= 11 is 1.25. The molecule has 0 atom stereocenters. The second-order valence-electron chi connectivity index (χ2n) is 4.05. The average Bonchev–Trinajstić information content (AvgIpc) is 3.02. The largest absolute Gasteiger partial charge is 0.481 e. The summed E-state index contributed by atoms with van der Waals surface area (Å²) in [6, 6.07) is 3.80. The molecule has 5 nitrogen and oxygen atoms in total. The highest BCUT2D eigenvalue weighted by Gasteiger charge is 2.11. The maximum Gasteiger partial charge on any atom is 0.313 e. The summed E-state index contributed by atoms with van der Waals surface area (Å²) in [4.78, 5) is 14.9. The first kappa shape index (κ1) is 13.7. The molecule has 0 fully saturated rings. The van der Waals surface area contributed by atoms with Crippen LogP contribution in [0.3, 0.4) is 0 Å². The van der Waals surface area contributed by atoms with Gasteiger partial charge >= 0.3 is 5.97 Å². The zero-order valence-corrected chi connectivity index (χ0v) is 11.5. The Bertz CT molecular complexity index is 534. The zero-order chi connectivity index (χ0) is 13.7. The first-order valence-electron chi connectivity index (χ1n) is 6.12. The van der Waals surface area contributed by atoms with Gasteiger partial charge in [0.05, 0.1) is 12.0 Å². The van der Waals surface area contributed by atoms with Crippen molar-refractivity contribution in [1.82, 2.24) is 9.55 Å². The summed E-state index contributed by atoms with van der Waals surface area (Å²) in [5.41, 5.74) is 1.11. The summed E-state index contributed by atoms with van der Waals surface area (Å²) in [5, 5.41) is 9.49. The van der Waals surface area contributed by atoms with Crippen molar-refractivity contribution in [2.45, 2.75) is 31.5 Å². The predicted octanol–water partition coefficient (Wildman–Crippen LogP) is 2.46. The molecule has 2 aromatic heterocycles. The smallest absolute Gasteiger partial charge is 0.313 e. The van der Waals surface area contributed by atoms with E-state index in [1.165, 1.54) is 11.8 Å². The van der Waals surface area contributed by atoms with E-state index in [0.29, 0.717) is 0 Å². The molecule has 0 amide bonds. The van der Waals surface area contributed by atoms with Crippen LogP contribution in [0, 0.1) is 0 Å². The van der Waals surface area contributed by atoms with Gasteiger partial charge in [-0.25, -0.2) is 4.98 Å². The second-order valence-corrected chi connectivity index (χ2v) is 4.99. The Balaban J connectivity index is 2.07. The number of carbonyl (C=O) groups is 1. The lowest BCUT2D eigenvalue weighted by Crippen LogP contribution is -2.08. The molecule has 6 heteroatoms. The van der Waals surface area contributed by atoms with E-state index >= 15 is 0 Å². The number of rotatable bonds is 7. The van der Waals surface area contributed by atoms with Gasteiger partial charge in [0, 0.05) is 24.9 Å². The minimum atomic E-state index is -0.830. The van der Waals surface area contributed by atoms with Crippen LogP contribution in [0.15, 0.2) is 34.2 Å². The highest BCUT2D eigenvalue weighted by Crippen LogP contribution is 2.19. The molecule has 1 N–H and O–H groups in total. The van der Waals surface area contributed by atoms with Crippen LogP contribution in [0.25, 0.3) is 0 Å². The van der Waals surface area contributed by atoms with E-state index < -0.39 is 5.97 Å². The molecule has 0 radical (unpaired) electrons. The maximum atomic E-state index is 10.6. The number of carboxylic acids is 1. The Labute approximate surface area is 115 Å². The first-order chi connectivity index (χ1) is 9.20. The Morgan fingerprint density at radius 3 is 3.05 bits per heavy atom. The lowest BCUT2D eigenvalue weighted by molar-refractivity contribution is -0.133. The van der Waals surface area contributed by atoms with E-state index in [0.717, 1.165) is 36.0 Å². The van der Waals surface area contributed by atoms with Crippen molar-refractivity contribution in [3.8, 4) is 0 Å². The van der Waals surface area contributed by atoms with Crippen molar-refractivity contribution in [2.24, 2.45) is 0 Å². The zero-order valence-electron chi connectivity index (χ0n) is 10.7. The molecule has 0 spiro atoms. The van der Waals surface area contributed by atoms with Crippen LogP contribution in [-0.2, 0) is 24.2 Å². The van der Waals surface area contributed by atoms with E-state index in [2.05, 4.69) is 16.5 Å². The lowest BCUT2D eigenvalue weighted by atomic mass is 10.3. The summed E-state index contributed by atoms with van der Waals surface area (Å²) in [6.07, 6.45) is 5.12. The van der Waals surface area contributed by atoms with Gasteiger partial charge in [-0.15, -0.1) is 0 Å². The molecule has 0 aromatic carbocycles. The predicted molar refractivity (Wildman–Crippen MR) is 72.4 cm³/mol. The molecule has 2 aromatic rings. The van der Waals surface area contributed by atoms with Crippen LogP contribution in [-0.4, -0.2) is 26.4 Å². The Morgan fingerprint density at radius 1 is 1.58 bits per heavy atom. The van der Waals surface area contributed by atoms with E-state index in [1.807, 2.05) is 18.3 Å². The van der Waals surface area contributed by atoms with Crippen molar-refractivity contribution < 1.29 is 14.3 Å². The SMILES string of the molecule is CCc1cnc(SCC(=O)O)n1CCc1ccco1. The quantitative estimate of drug-likeness (QED) is 0.789. The third-order valence-electron chi connectivity index (χ3n) is 2.75. The molecule has 0 unspecified atom stereocenters. The summed E-state index contributed by atoms with van der Waals surface area (Å²) in [7, 11) is 0. The van der Waals surface area contributed by atoms with Crippen LogP contribution in [0.5, 0.6) is 0 Å². The number of carboxylic acid groups (broad SMARTS) is 1. The Morgan fingerprint density at radius 2 is 2.42 bits per heavy atom. The van der Waals surface area contributed by atoms with Crippen molar-refractivity contribution in [2.75, 3.05) is 5.75 Å². The van der Waals surface area contributed by atoms with Crippen LogP contribution in [0.4, 0.5) is 0 Å². The van der Waals surface area contributed by atoms with Crippen molar-refractivity contribution >= 4 is 17.7 Å². The van der Waals surface area contributed by atoms with Gasteiger partial charge in [-0.2, -0.15) is 0 Å². The first-order valence-corrected chi connectivity index (χ1v) is 7.10. The highest BCUT2D eigenvalue weighted by molar-refractivity contribution is 7.99. The summed E-state index contributed by atoms with van der Waals surface area (Å²) in [6.45, 7) is 2.81. The van der Waals surface area contributed by atoms with Crippen molar-refractivity contribution in [3.05, 3.63) is 36.0 Å². The van der Waals surface area contributed by atoms with Gasteiger partial charge in [0.25, 0.3) is 0 Å². The highest BCUT2D eigenvalue weighted by atomic mass is 32.2. The van der Waals surface area contributed by atoms with Gasteiger partial charge in [-0.1, -0.05) is 18.7 Å². The van der Waals surface area contributed by atoms with Gasteiger partial charge in [0.1, 0.15) is 5.76 Å². The van der Waals surface area contributed by atoms with Crippen molar-refractivity contribution in [1.29, 1.82) is 0 Å². The number of nitrogens with zero attached hydrogens (tertiary/aromatic N) is 2. The normalized spacial score (nSPS) is 10.8. The fourth-order valence-corrected chi connectivity index (χ4v) is 2.58. The molecular formula is C13H16N2O3S. The van der Waals surface area contributed by atoms with Crippen molar-refractivity contribution in [3.63, 3.8) is 0 Å².